The Kier molecular flexibility index (Phi) is 14.8. The zero-order valence-corrected chi connectivity index (χ0v) is 39.0. The molecule has 7 amide bonds. The Balaban J connectivity index is 0.728. The second kappa shape index (κ2) is 21.5. The third-order valence-corrected chi connectivity index (χ3v) is 13.4. The van der Waals surface area contributed by atoms with Gasteiger partial charge in [0.05, 0.1) is 62.9 Å². The second-order valence-electron chi connectivity index (χ2n) is 17.8. The number of anilines is 3. The number of ether oxygens (including phenoxy) is 3. The van der Waals surface area contributed by atoms with Crippen molar-refractivity contribution in [1.82, 2.24) is 45.3 Å². The van der Waals surface area contributed by atoms with Crippen LogP contribution >= 0.6 is 0 Å². The molecule has 5 aliphatic heterocycles. The third kappa shape index (κ3) is 10.1. The van der Waals surface area contributed by atoms with E-state index in [1.165, 1.54) is 6.07 Å². The van der Waals surface area contributed by atoms with E-state index < -0.39 is 36.1 Å². The van der Waals surface area contributed by atoms with Crippen LogP contribution in [0.3, 0.4) is 0 Å². The number of hydrogen-bond donors (Lipinski definition) is 4. The highest BCUT2D eigenvalue weighted by molar-refractivity contribution is 6.25. The Bertz CT molecular complexity index is 2650. The standard InChI is InChI=1S/C48H57F2N11O9/c1-51-48(67)57-16-9-37-35(28-57)44(56-61(37)31-10-18-68-19-11-31)59-15-3-4-29-24-33(34(43(49)50)25-39(29)59)30-26-54-58(27-30)17-13-53-40(62)12-20-69-22-23-70-21-14-52-36-6-2-5-32-42(36)47(66)60(46(32)65)38-7-8-41(63)55-45(38)64/h2,5-6,24-27,31,38,43,52H,3-4,7-23,28H2,1H3,(H,51,67)(H,53,62)(H,55,63,64). The van der Waals surface area contributed by atoms with E-state index in [0.717, 1.165) is 41.0 Å². The molecule has 0 saturated carbocycles. The number of alkyl halides is 2. The molecule has 4 aromatic rings. The topological polar surface area (TPSA) is 224 Å². The summed E-state index contributed by atoms with van der Waals surface area (Å²) in [5, 5.41) is 20.5. The minimum absolute atomic E-state index is 0.0344. The molecule has 20 nitrogen and oxygen atoms in total. The van der Waals surface area contributed by atoms with E-state index in [2.05, 4.69) is 35.9 Å². The maximum Gasteiger partial charge on any atom is 0.317 e. The smallest absolute Gasteiger partial charge is 0.317 e. The van der Waals surface area contributed by atoms with E-state index in [-0.39, 0.29) is 86.9 Å². The van der Waals surface area contributed by atoms with Crippen molar-refractivity contribution >= 4 is 52.8 Å². The molecular weight excluding hydrogens is 913 g/mol. The van der Waals surface area contributed by atoms with Gasteiger partial charge in [0.15, 0.2) is 5.82 Å². The molecule has 0 radical (unpaired) electrons. The van der Waals surface area contributed by atoms with Crippen molar-refractivity contribution in [3.8, 4) is 11.1 Å². The van der Waals surface area contributed by atoms with Crippen LogP contribution in [0.15, 0.2) is 42.7 Å². The van der Waals surface area contributed by atoms with Gasteiger partial charge in [0, 0.05) is 106 Å². The third-order valence-electron chi connectivity index (χ3n) is 13.4. The van der Waals surface area contributed by atoms with E-state index in [4.69, 9.17) is 19.3 Å². The van der Waals surface area contributed by atoms with Crippen molar-refractivity contribution in [3.63, 3.8) is 0 Å². The maximum absolute atomic E-state index is 15.0. The number of carbonyl (C=O) groups is 6. The largest absolute Gasteiger partial charge is 0.382 e. The summed E-state index contributed by atoms with van der Waals surface area (Å²) in [5.74, 6) is -1.82. The fraction of sp³-hybridized carbons (Fsp3) is 0.500. The Hall–Kier alpha value is -6.78. The predicted octanol–water partition coefficient (Wildman–Crippen LogP) is 3.87. The summed E-state index contributed by atoms with van der Waals surface area (Å²) in [6.07, 6.45) is 4.52. The Morgan fingerprint density at radius 3 is 2.54 bits per heavy atom. The Labute approximate surface area is 402 Å². The lowest BCUT2D eigenvalue weighted by Gasteiger charge is -2.33. The van der Waals surface area contributed by atoms with Crippen LogP contribution in [0, 0.1) is 0 Å². The molecule has 0 spiro atoms. The highest BCUT2D eigenvalue weighted by Crippen LogP contribution is 2.44. The lowest BCUT2D eigenvalue weighted by molar-refractivity contribution is -0.136. The van der Waals surface area contributed by atoms with E-state index in [0.29, 0.717) is 87.1 Å². The number of hydrogen-bond acceptors (Lipinski definition) is 13. The number of rotatable bonds is 18. The fourth-order valence-corrected chi connectivity index (χ4v) is 9.94. The summed E-state index contributed by atoms with van der Waals surface area (Å²) < 4.78 is 50.5. The molecule has 5 aliphatic rings. The number of carbonyl (C=O) groups excluding carboxylic acids is 6. The Morgan fingerprint density at radius 2 is 1.76 bits per heavy atom. The van der Waals surface area contributed by atoms with Gasteiger partial charge in [0.2, 0.25) is 17.7 Å². The van der Waals surface area contributed by atoms with Gasteiger partial charge < -0.3 is 40.0 Å². The van der Waals surface area contributed by atoms with Crippen molar-refractivity contribution in [1.29, 1.82) is 0 Å². The second-order valence-corrected chi connectivity index (χ2v) is 17.8. The molecule has 70 heavy (non-hydrogen) atoms. The van der Waals surface area contributed by atoms with Crippen LogP contribution in [0.1, 0.15) is 94.1 Å². The van der Waals surface area contributed by atoms with Gasteiger partial charge in [0.25, 0.3) is 18.2 Å². The van der Waals surface area contributed by atoms with Gasteiger partial charge in [-0.2, -0.15) is 10.2 Å². The molecule has 2 fully saturated rings. The molecule has 0 bridgehead atoms. The zero-order valence-electron chi connectivity index (χ0n) is 39.0. The molecule has 2 aromatic heterocycles. The molecule has 7 heterocycles. The van der Waals surface area contributed by atoms with Gasteiger partial charge in [-0.15, -0.1) is 0 Å². The first-order valence-electron chi connectivity index (χ1n) is 23.9. The number of benzene rings is 2. The van der Waals surface area contributed by atoms with E-state index >= 15 is 0 Å². The van der Waals surface area contributed by atoms with Crippen LogP contribution in [0.5, 0.6) is 0 Å². The first-order chi connectivity index (χ1) is 34.0. The van der Waals surface area contributed by atoms with E-state index in [1.54, 1.807) is 47.2 Å². The summed E-state index contributed by atoms with van der Waals surface area (Å²) >= 11 is 0. The first-order valence-corrected chi connectivity index (χ1v) is 23.9. The van der Waals surface area contributed by atoms with Gasteiger partial charge in [-0.3, -0.25) is 43.6 Å². The average Bonchev–Trinajstić information content (AvgIpc) is 4.07. The molecule has 9 rings (SSSR count). The molecule has 2 aromatic carbocycles. The Morgan fingerprint density at radius 1 is 0.943 bits per heavy atom. The number of nitrogens with one attached hydrogen (secondary N) is 4. The number of aromatic nitrogens is 4. The molecule has 4 N–H and O–H groups in total. The normalized spacial score (nSPS) is 18.2. The van der Waals surface area contributed by atoms with Gasteiger partial charge in [0.1, 0.15) is 6.04 Å². The van der Waals surface area contributed by atoms with Crippen molar-refractivity contribution in [2.75, 3.05) is 83.1 Å². The van der Waals surface area contributed by atoms with Gasteiger partial charge in [-0.25, -0.2) is 13.6 Å². The van der Waals surface area contributed by atoms with Crippen LogP contribution in [0.4, 0.5) is 30.8 Å². The number of aryl methyl sites for hydroxylation is 1. The summed E-state index contributed by atoms with van der Waals surface area (Å²) in [6, 6.07) is 7.19. The number of imide groups is 2. The number of halogens is 2. The number of nitrogens with zero attached hydrogens (tertiary/aromatic N) is 7. The quantitative estimate of drug-likeness (QED) is 0.0823. The maximum atomic E-state index is 15.0. The number of urea groups is 1. The van der Waals surface area contributed by atoms with Gasteiger partial charge in [-0.05, 0) is 67.5 Å². The van der Waals surface area contributed by atoms with Crippen LogP contribution in [-0.4, -0.2) is 144 Å². The number of fused-ring (bicyclic) bond motifs is 3. The highest BCUT2D eigenvalue weighted by atomic mass is 19.3. The minimum atomic E-state index is -2.76. The monoisotopic (exact) mass is 969 g/mol. The highest BCUT2D eigenvalue weighted by Gasteiger charge is 2.45. The van der Waals surface area contributed by atoms with Gasteiger partial charge >= 0.3 is 6.03 Å². The van der Waals surface area contributed by atoms with Gasteiger partial charge in [-0.1, -0.05) is 6.07 Å². The van der Waals surface area contributed by atoms with Crippen LogP contribution in [0.25, 0.3) is 11.1 Å². The molecule has 2 saturated heterocycles. The summed E-state index contributed by atoms with van der Waals surface area (Å²) in [5.41, 5.74) is 5.26. The summed E-state index contributed by atoms with van der Waals surface area (Å²) in [7, 11) is 1.61. The van der Waals surface area contributed by atoms with Crippen LogP contribution in [-0.2, 0) is 54.5 Å². The zero-order chi connectivity index (χ0) is 48.9. The van der Waals surface area contributed by atoms with Crippen molar-refractivity contribution in [3.05, 3.63) is 76.2 Å². The van der Waals surface area contributed by atoms with Crippen LogP contribution in [0.2, 0.25) is 0 Å². The van der Waals surface area contributed by atoms with Crippen molar-refractivity contribution in [2.24, 2.45) is 0 Å². The first kappa shape index (κ1) is 48.3. The molecule has 22 heteroatoms. The lowest BCUT2D eigenvalue weighted by Crippen LogP contribution is -2.54. The SMILES string of the molecule is CNC(=O)N1CCc2c(c(N3CCCc4cc(-c5cnn(CCNC(=O)CCOCCOCCNc6cccc7c6C(=O)N(C6CCC(=O)NC6=O)C7=O)c5)c(C(F)F)cc43)nn2C2CCOCC2)C1. The summed E-state index contributed by atoms with van der Waals surface area (Å²) in [4.78, 5) is 80.4. The molecule has 1 unspecified atom stereocenters. The van der Waals surface area contributed by atoms with E-state index in [1.807, 2.05) is 6.07 Å². The fourth-order valence-electron chi connectivity index (χ4n) is 9.94. The molecule has 1 atom stereocenters. The predicted molar refractivity (Wildman–Crippen MR) is 249 cm³/mol. The minimum Gasteiger partial charge on any atom is -0.382 e. The number of piperidine rings is 1. The van der Waals surface area contributed by atoms with E-state index in [9.17, 15) is 37.5 Å². The van der Waals surface area contributed by atoms with Crippen LogP contribution < -0.4 is 26.2 Å². The average molecular weight is 970 g/mol. The van der Waals surface area contributed by atoms with Crippen molar-refractivity contribution < 1.29 is 51.8 Å². The lowest BCUT2D eigenvalue weighted by atomic mass is 9.92. The number of amides is 7. The molecule has 372 valence electrons. The van der Waals surface area contributed by atoms with Crippen molar-refractivity contribution in [2.45, 2.75) is 83.0 Å². The molecular formula is C48H57F2N11O9. The molecule has 0 aliphatic carbocycles. The summed E-state index contributed by atoms with van der Waals surface area (Å²) in [6.45, 7) is 4.61.